The van der Waals surface area contributed by atoms with Crippen molar-refractivity contribution in [2.45, 2.75) is 46.5 Å². The molecule has 0 radical (unpaired) electrons. The third kappa shape index (κ3) is 5.84. The van der Waals surface area contributed by atoms with Crippen LogP contribution >= 0.6 is 0 Å². The van der Waals surface area contributed by atoms with Crippen LogP contribution in [0.4, 0.5) is 11.4 Å². The number of hydrogen-bond acceptors (Lipinski definition) is 7. The number of aryl methyl sites for hydroxylation is 4. The van der Waals surface area contributed by atoms with E-state index < -0.39 is 0 Å². The summed E-state index contributed by atoms with van der Waals surface area (Å²) in [4.78, 5) is 60.8. The number of amides is 4. The molecular weight excluding hydrogens is 763 g/mol. The Morgan fingerprint density at radius 3 is 1.20 bits per heavy atom. The lowest BCUT2D eigenvalue weighted by Gasteiger charge is -2.23. The number of aromatic nitrogens is 1. The highest BCUT2D eigenvalue weighted by atomic mass is 16.5. The summed E-state index contributed by atoms with van der Waals surface area (Å²) < 4.78 is 13.0. The van der Waals surface area contributed by atoms with E-state index in [2.05, 4.69) is 59.6 Å². The van der Waals surface area contributed by atoms with Gasteiger partial charge in [0.25, 0.3) is 0 Å². The Balaban J connectivity index is 0.827. The van der Waals surface area contributed by atoms with Crippen molar-refractivity contribution in [1.82, 2.24) is 4.98 Å². The van der Waals surface area contributed by atoms with Crippen LogP contribution in [0.1, 0.15) is 57.7 Å². The average molecular weight is 808 g/mol. The maximum absolute atomic E-state index is 13.4. The molecule has 6 aliphatic rings. The number of hydrogen-bond donors (Lipinski definition) is 0. The minimum atomic E-state index is -0.238. The highest BCUT2D eigenvalue weighted by Gasteiger charge is 2.60. The van der Waals surface area contributed by atoms with Crippen molar-refractivity contribution >= 4 is 35.0 Å². The number of imide groups is 2. The minimum Gasteiger partial charge on any atom is -0.457 e. The molecular formula is C52H45N3O6. The first-order valence-corrected chi connectivity index (χ1v) is 21.3. The van der Waals surface area contributed by atoms with Gasteiger partial charge in [-0.2, -0.15) is 0 Å². The van der Waals surface area contributed by atoms with Gasteiger partial charge in [0.15, 0.2) is 0 Å². The summed E-state index contributed by atoms with van der Waals surface area (Å²) in [5.74, 6) is 1.95. The first-order valence-electron chi connectivity index (χ1n) is 21.3. The molecule has 4 aromatic carbocycles. The zero-order valence-corrected chi connectivity index (χ0v) is 34.4. The molecule has 61 heavy (non-hydrogen) atoms. The number of allylic oxidation sites excluding steroid dienone is 4. The normalized spacial score (nSPS) is 27.1. The molecule has 9 heteroatoms. The molecule has 0 spiro atoms. The zero-order valence-electron chi connectivity index (χ0n) is 34.4. The number of ether oxygens (including phenoxy) is 2. The number of pyridine rings is 1. The number of benzene rings is 4. The maximum Gasteiger partial charge on any atom is 0.238 e. The van der Waals surface area contributed by atoms with Crippen molar-refractivity contribution < 1.29 is 28.7 Å². The second-order valence-corrected chi connectivity index (χ2v) is 17.9. The van der Waals surface area contributed by atoms with Gasteiger partial charge in [0.1, 0.15) is 23.0 Å². The van der Waals surface area contributed by atoms with E-state index in [-0.39, 0.29) is 76.9 Å². The Bertz CT molecular complexity index is 2460. The quantitative estimate of drug-likeness (QED) is 0.108. The van der Waals surface area contributed by atoms with Crippen molar-refractivity contribution in [2.24, 2.45) is 47.3 Å². The van der Waals surface area contributed by atoms with Gasteiger partial charge in [-0.05, 0) is 158 Å². The van der Waals surface area contributed by atoms with Gasteiger partial charge in [-0.1, -0.05) is 54.6 Å². The molecule has 8 atom stereocenters. The van der Waals surface area contributed by atoms with Gasteiger partial charge in [-0.25, -0.2) is 0 Å². The first kappa shape index (κ1) is 37.4. The molecule has 4 bridgehead atoms. The largest absolute Gasteiger partial charge is 0.457 e. The van der Waals surface area contributed by atoms with Crippen molar-refractivity contribution in [1.29, 1.82) is 0 Å². The standard InChI is InChI=1S/C52H45N3O6/c1-27-20-36(21-28(2)47(27)60-40-15-11-38(12-16-40)54-49(56)43-31-7-8-32(24-31)44(43)50(54)57)42(35-6-5-19-53-26-35)37-22-29(3)48(30(4)23-37)61-41-17-13-39(14-18-41)55-51(58)45-33-9-10-34(25-33)46(45)52(55)59/h5-23,26,31-34,42-46H,24-25H2,1-4H3. The van der Waals surface area contributed by atoms with E-state index in [1.807, 2.05) is 64.2 Å². The molecule has 2 aliphatic heterocycles. The Labute approximate surface area is 354 Å². The van der Waals surface area contributed by atoms with E-state index >= 15 is 0 Å². The molecule has 1 aromatic heterocycles. The SMILES string of the molecule is Cc1cc(C(c2cccnc2)c2cc(C)c(Oc3ccc(N4C(=O)C5C6C=CC(C6)C5C4=O)cc3)c(C)c2)cc(C)c1Oc1ccc(N2C(=O)C3C4C=CC(C4)C3C2=O)cc1. The van der Waals surface area contributed by atoms with Gasteiger partial charge >= 0.3 is 0 Å². The molecule has 4 amide bonds. The summed E-state index contributed by atoms with van der Waals surface area (Å²) in [5.41, 5.74) is 8.26. The average Bonchev–Trinajstić information content (AvgIpc) is 4.12. The van der Waals surface area contributed by atoms with E-state index in [1.165, 1.54) is 9.80 Å². The first-order chi connectivity index (χ1) is 29.5. The van der Waals surface area contributed by atoms with Crippen molar-refractivity contribution in [3.8, 4) is 23.0 Å². The molecule has 2 saturated heterocycles. The van der Waals surface area contributed by atoms with Gasteiger partial charge in [-0.15, -0.1) is 0 Å². The summed E-state index contributed by atoms with van der Waals surface area (Å²) in [6.07, 6.45) is 13.9. The van der Waals surface area contributed by atoms with Gasteiger partial charge in [-0.3, -0.25) is 34.0 Å². The fourth-order valence-electron chi connectivity index (χ4n) is 11.6. The van der Waals surface area contributed by atoms with Crippen LogP contribution in [0.25, 0.3) is 0 Å². The van der Waals surface area contributed by atoms with E-state index in [9.17, 15) is 19.2 Å². The number of nitrogens with zero attached hydrogens (tertiary/aromatic N) is 3. The van der Waals surface area contributed by atoms with Crippen molar-refractivity contribution in [3.63, 3.8) is 0 Å². The monoisotopic (exact) mass is 807 g/mol. The third-order valence-corrected chi connectivity index (χ3v) is 14.2. The lowest BCUT2D eigenvalue weighted by molar-refractivity contribution is -0.124. The van der Waals surface area contributed by atoms with Crippen LogP contribution in [0.2, 0.25) is 0 Å². The van der Waals surface area contributed by atoms with Crippen LogP contribution in [0.15, 0.2) is 122 Å². The zero-order chi connectivity index (χ0) is 41.8. The van der Waals surface area contributed by atoms with Gasteiger partial charge in [0.2, 0.25) is 23.6 Å². The molecule has 5 aromatic rings. The highest BCUT2D eigenvalue weighted by molar-refractivity contribution is 6.23. The van der Waals surface area contributed by atoms with Gasteiger partial charge in [0, 0.05) is 18.3 Å². The lowest BCUT2D eigenvalue weighted by atomic mass is 9.83. The summed E-state index contributed by atoms with van der Waals surface area (Å²) in [5, 5.41) is 0. The summed E-state index contributed by atoms with van der Waals surface area (Å²) in [7, 11) is 0. The molecule has 4 aliphatic carbocycles. The molecule has 4 fully saturated rings. The second kappa shape index (κ2) is 14.0. The van der Waals surface area contributed by atoms with Crippen molar-refractivity contribution in [3.05, 3.63) is 161 Å². The van der Waals surface area contributed by atoms with Gasteiger partial charge in [0.05, 0.1) is 35.0 Å². The van der Waals surface area contributed by atoms with Crippen LogP contribution in [0, 0.1) is 75.0 Å². The lowest BCUT2D eigenvalue weighted by Crippen LogP contribution is -2.32. The molecule has 2 saturated carbocycles. The molecule has 8 unspecified atom stereocenters. The fraction of sp³-hybridized carbons (Fsp3) is 0.288. The minimum absolute atomic E-state index is 0.0913. The van der Waals surface area contributed by atoms with Gasteiger partial charge < -0.3 is 9.47 Å². The number of carbonyl (C=O) groups excluding carboxylic acids is 4. The summed E-state index contributed by atoms with van der Waals surface area (Å²) >= 11 is 0. The third-order valence-electron chi connectivity index (χ3n) is 14.2. The second-order valence-electron chi connectivity index (χ2n) is 17.9. The topological polar surface area (TPSA) is 106 Å². The smallest absolute Gasteiger partial charge is 0.238 e. The van der Waals surface area contributed by atoms with E-state index in [1.54, 1.807) is 30.5 Å². The van der Waals surface area contributed by atoms with Crippen LogP contribution in [0.3, 0.4) is 0 Å². The number of rotatable bonds is 9. The summed E-state index contributed by atoms with van der Waals surface area (Å²) in [6.45, 7) is 8.18. The van der Waals surface area contributed by atoms with Crippen LogP contribution < -0.4 is 19.3 Å². The maximum atomic E-state index is 13.4. The predicted molar refractivity (Wildman–Crippen MR) is 230 cm³/mol. The molecule has 304 valence electrons. The molecule has 11 rings (SSSR count). The molecule has 9 nitrogen and oxygen atoms in total. The van der Waals surface area contributed by atoms with E-state index in [0.29, 0.717) is 22.9 Å². The summed E-state index contributed by atoms with van der Waals surface area (Å²) in [6, 6.07) is 27.2. The van der Waals surface area contributed by atoms with E-state index in [4.69, 9.17) is 9.47 Å². The molecule has 0 N–H and O–H groups in total. The van der Waals surface area contributed by atoms with E-state index in [0.717, 1.165) is 63.3 Å². The Hall–Kier alpha value is -6.61. The Morgan fingerprint density at radius 2 is 0.869 bits per heavy atom. The van der Waals surface area contributed by atoms with Crippen molar-refractivity contribution in [2.75, 3.05) is 9.80 Å². The highest BCUT2D eigenvalue weighted by Crippen LogP contribution is 2.55. The predicted octanol–water partition coefficient (Wildman–Crippen LogP) is 9.70. The van der Waals surface area contributed by atoms with Crippen LogP contribution in [0.5, 0.6) is 23.0 Å². The number of anilines is 2. The number of carbonyl (C=O) groups is 4. The van der Waals surface area contributed by atoms with Crippen LogP contribution in [-0.4, -0.2) is 28.6 Å². The fourth-order valence-corrected chi connectivity index (χ4v) is 11.6. The Kier molecular flexibility index (Phi) is 8.57. The Morgan fingerprint density at radius 1 is 0.508 bits per heavy atom. The van der Waals surface area contributed by atoms with Crippen LogP contribution in [-0.2, 0) is 19.2 Å². The number of fused-ring (bicyclic) bond motifs is 10. The molecule has 3 heterocycles.